The number of allylic oxidation sites excluding steroid dienone is 1. The number of fused-ring (bicyclic) bond motifs is 12. The molecule has 13 rings (SSSR count). The van der Waals surface area contributed by atoms with E-state index < -0.39 is 28.5 Å². The summed E-state index contributed by atoms with van der Waals surface area (Å²) in [6, 6.07) is 0. The predicted molar refractivity (Wildman–Crippen MR) is 210 cm³/mol. The molecule has 61 heavy (non-hydrogen) atoms. The molecule has 0 bridgehead atoms. The SMILES string of the molecule is COC(=O)[C@@H]1CC2=CC(=O)CC[C@]2(C)C2C1C1CCC3(CCC(=O)O3)[C@@]1(C)[C@H]1O[C@@H]21.COC(=O)[C@@H]1C[C@@]23OC2C(=O)CC[C@]3(C)[C@@]23O[C@@H]2C[C@@]2(C)C(CCC24CCC(=O)O4)C13. The van der Waals surface area contributed by atoms with Gasteiger partial charge in [-0.25, -0.2) is 0 Å². The monoisotopic (exact) mass is 844 g/mol. The second-order valence-corrected chi connectivity index (χ2v) is 22.6. The molecule has 13 aliphatic rings. The number of hydrogen-bond donors (Lipinski definition) is 0. The van der Waals surface area contributed by atoms with Gasteiger partial charge in [-0.15, -0.1) is 0 Å². The first-order valence-corrected chi connectivity index (χ1v) is 23.3. The summed E-state index contributed by atoms with van der Waals surface area (Å²) in [4.78, 5) is 75.2. The molecule has 0 aromatic heterocycles. The van der Waals surface area contributed by atoms with E-state index in [0.29, 0.717) is 38.5 Å². The van der Waals surface area contributed by atoms with Gasteiger partial charge in [0.15, 0.2) is 11.6 Å². The maximum atomic E-state index is 13.2. The molecule has 13 nitrogen and oxygen atoms in total. The third-order valence-electron chi connectivity index (χ3n) is 21.3. The van der Waals surface area contributed by atoms with Gasteiger partial charge in [0.1, 0.15) is 28.5 Å². The van der Waals surface area contributed by atoms with Gasteiger partial charge in [0.05, 0.1) is 44.4 Å². The van der Waals surface area contributed by atoms with E-state index in [1.165, 1.54) is 14.2 Å². The van der Waals surface area contributed by atoms with E-state index in [2.05, 4.69) is 27.7 Å². The van der Waals surface area contributed by atoms with E-state index in [-0.39, 0.29) is 117 Å². The van der Waals surface area contributed by atoms with Crippen LogP contribution in [0.1, 0.15) is 124 Å². The highest BCUT2D eigenvalue weighted by molar-refractivity contribution is 5.92. The molecule has 4 spiro atoms. The standard InChI is InChI=1S/C24H30O7.C24H30O6/c1-20-11-15-24(29-15)17(13(20)4-8-22(20)9-6-16(26)30-22)12(19(27)28-3)10-23-18(31-23)14(25)5-7-21(23,24)2;1-22-7-4-13(25)10-12(22)11-14(21(27)28-3)17-15-5-8-24(9-6-16(26)30-24)23(15,2)20-19(29-20)18(17)22/h12-13,15,17-18H,4-11H2,1-3H3;10,14-15,17-20H,4-9,11H2,1-3H3/t12-,13?,15-,17?,18?,20+,21+,22?,23-,24-;14-,15?,17?,18?,19+,20+,22+,23-,24?/m11/s1. The predicted octanol–water partition coefficient (Wildman–Crippen LogP) is 5.32. The van der Waals surface area contributed by atoms with Crippen molar-refractivity contribution < 1.29 is 61.9 Å². The van der Waals surface area contributed by atoms with Crippen molar-refractivity contribution in [1.29, 1.82) is 0 Å². The van der Waals surface area contributed by atoms with E-state index in [9.17, 15) is 28.8 Å². The summed E-state index contributed by atoms with van der Waals surface area (Å²) in [6.45, 7) is 9.02. The van der Waals surface area contributed by atoms with Gasteiger partial charge in [0, 0.05) is 53.8 Å². The fourth-order valence-corrected chi connectivity index (χ4v) is 18.2. The number of ether oxygens (including phenoxy) is 7. The third-order valence-corrected chi connectivity index (χ3v) is 21.3. The summed E-state index contributed by atoms with van der Waals surface area (Å²) >= 11 is 0. The van der Waals surface area contributed by atoms with Gasteiger partial charge in [-0.2, -0.15) is 0 Å². The molecule has 8 unspecified atom stereocenters. The summed E-state index contributed by atoms with van der Waals surface area (Å²) in [6.07, 6.45) is 12.1. The Labute approximate surface area is 356 Å². The van der Waals surface area contributed by atoms with Gasteiger partial charge in [-0.05, 0) is 99.9 Å². The summed E-state index contributed by atoms with van der Waals surface area (Å²) in [7, 11) is 2.90. The molecule has 7 saturated carbocycles. The molecule has 0 aromatic rings. The maximum Gasteiger partial charge on any atom is 0.309 e. The Morgan fingerprint density at radius 3 is 2.08 bits per heavy atom. The lowest BCUT2D eigenvalue weighted by molar-refractivity contribution is -0.184. The zero-order valence-electron chi connectivity index (χ0n) is 36.3. The van der Waals surface area contributed by atoms with Crippen LogP contribution in [0.2, 0.25) is 0 Å². The highest BCUT2D eigenvalue weighted by Gasteiger charge is 2.91. The van der Waals surface area contributed by atoms with E-state index in [4.69, 9.17) is 33.2 Å². The third kappa shape index (κ3) is 4.41. The average Bonchev–Trinajstić information content (AvgIpc) is 4.18. The lowest BCUT2D eigenvalue weighted by atomic mass is 9.41. The molecule has 5 heterocycles. The molecule has 13 heteroatoms. The number of rotatable bonds is 2. The normalized spacial score (nSPS) is 56.8. The van der Waals surface area contributed by atoms with E-state index >= 15 is 0 Å². The number of carbonyl (C=O) groups excluding carboxylic acids is 6. The van der Waals surface area contributed by atoms with Crippen molar-refractivity contribution in [3.63, 3.8) is 0 Å². The average molecular weight is 845 g/mol. The molecule has 0 radical (unpaired) electrons. The minimum Gasteiger partial charge on any atom is -0.469 e. The van der Waals surface area contributed by atoms with Crippen molar-refractivity contribution in [2.75, 3.05) is 14.2 Å². The Kier molecular flexibility index (Phi) is 7.72. The van der Waals surface area contributed by atoms with Gasteiger partial charge in [0.25, 0.3) is 0 Å². The van der Waals surface area contributed by atoms with Gasteiger partial charge < -0.3 is 33.2 Å². The zero-order chi connectivity index (χ0) is 42.7. The van der Waals surface area contributed by atoms with Crippen LogP contribution in [0.15, 0.2) is 11.6 Å². The van der Waals surface area contributed by atoms with Gasteiger partial charge in [0.2, 0.25) is 0 Å². The number of ketones is 2. The van der Waals surface area contributed by atoms with Crippen LogP contribution in [0, 0.1) is 63.1 Å². The second-order valence-electron chi connectivity index (χ2n) is 22.6. The number of hydrogen-bond acceptors (Lipinski definition) is 13. The van der Waals surface area contributed by atoms with Gasteiger partial charge >= 0.3 is 23.9 Å². The fraction of sp³-hybridized carbons (Fsp3) is 0.833. The number of esters is 4. The van der Waals surface area contributed by atoms with Crippen molar-refractivity contribution in [3.8, 4) is 0 Å². The molecular weight excluding hydrogens is 785 g/mol. The molecule has 0 amide bonds. The minimum atomic E-state index is -0.601. The number of methoxy groups -OCH3 is 2. The number of carbonyl (C=O) groups is 6. The zero-order valence-corrected chi connectivity index (χ0v) is 36.3. The summed E-state index contributed by atoms with van der Waals surface area (Å²) in [5, 5.41) is 0. The minimum absolute atomic E-state index is 0.000380. The first kappa shape index (κ1) is 39.4. The first-order valence-electron chi connectivity index (χ1n) is 23.3. The van der Waals surface area contributed by atoms with Crippen LogP contribution in [0.4, 0.5) is 0 Å². The maximum absolute atomic E-state index is 13.2. The van der Waals surface area contributed by atoms with E-state index in [1.807, 2.05) is 0 Å². The van der Waals surface area contributed by atoms with Gasteiger partial charge in [-0.1, -0.05) is 33.3 Å². The van der Waals surface area contributed by atoms with Crippen LogP contribution in [-0.2, 0) is 61.9 Å². The molecule has 330 valence electrons. The van der Waals surface area contributed by atoms with Crippen LogP contribution in [-0.4, -0.2) is 96.5 Å². The smallest absolute Gasteiger partial charge is 0.309 e. The largest absolute Gasteiger partial charge is 0.469 e. The van der Waals surface area contributed by atoms with Crippen LogP contribution < -0.4 is 0 Å². The Morgan fingerprint density at radius 2 is 1.39 bits per heavy atom. The highest BCUT2D eigenvalue weighted by Crippen LogP contribution is 2.82. The summed E-state index contributed by atoms with van der Waals surface area (Å²) in [5.41, 5.74) is -1.74. The lowest BCUT2D eigenvalue weighted by Gasteiger charge is -2.59. The van der Waals surface area contributed by atoms with Crippen LogP contribution in [0.25, 0.3) is 0 Å². The molecule has 12 fully saturated rings. The molecule has 5 aliphatic heterocycles. The molecule has 0 aromatic carbocycles. The van der Waals surface area contributed by atoms with E-state index in [1.54, 1.807) is 6.08 Å². The molecular formula is C48H60O13. The fourth-order valence-electron chi connectivity index (χ4n) is 18.2. The Balaban J connectivity index is 0.000000131. The lowest BCUT2D eigenvalue weighted by Crippen LogP contribution is -2.68. The molecule has 8 aliphatic carbocycles. The topological polar surface area (TPSA) is 177 Å². The van der Waals surface area contributed by atoms with Crippen molar-refractivity contribution in [1.82, 2.24) is 0 Å². The Bertz CT molecular complexity index is 2130. The van der Waals surface area contributed by atoms with Crippen molar-refractivity contribution in [2.45, 2.75) is 171 Å². The first-order chi connectivity index (χ1) is 28.9. The Hall–Kier alpha value is -3.16. The van der Waals surface area contributed by atoms with Crippen molar-refractivity contribution in [2.24, 2.45) is 63.1 Å². The quantitative estimate of drug-likeness (QED) is 0.199. The van der Waals surface area contributed by atoms with Crippen molar-refractivity contribution in [3.05, 3.63) is 11.6 Å². The van der Waals surface area contributed by atoms with Crippen LogP contribution >= 0.6 is 0 Å². The molecule has 0 N–H and O–H groups in total. The van der Waals surface area contributed by atoms with E-state index in [0.717, 1.165) is 63.4 Å². The Morgan fingerprint density at radius 1 is 0.721 bits per heavy atom. The van der Waals surface area contributed by atoms with Crippen LogP contribution in [0.3, 0.4) is 0 Å². The van der Waals surface area contributed by atoms with Gasteiger partial charge in [-0.3, -0.25) is 28.8 Å². The van der Waals surface area contributed by atoms with Crippen molar-refractivity contribution >= 4 is 35.4 Å². The summed E-state index contributed by atoms with van der Waals surface area (Å²) in [5.74, 6) is -0.149. The molecule has 5 saturated heterocycles. The second kappa shape index (κ2) is 11.9. The highest BCUT2D eigenvalue weighted by atomic mass is 16.6. The summed E-state index contributed by atoms with van der Waals surface area (Å²) < 4.78 is 42.0. The number of Topliss-reactive ketones (excluding diaryl/α,β-unsaturated/α-hetero) is 1. The van der Waals surface area contributed by atoms with Crippen LogP contribution in [0.5, 0.6) is 0 Å². The molecule has 19 atom stereocenters. The number of epoxide rings is 3.